The van der Waals surface area contributed by atoms with Gasteiger partial charge >= 0.3 is 6.61 Å². The van der Waals surface area contributed by atoms with E-state index in [9.17, 15) is 13.6 Å². The predicted octanol–water partition coefficient (Wildman–Crippen LogP) is 5.10. The quantitative estimate of drug-likeness (QED) is 0.553. The lowest BCUT2D eigenvalue weighted by atomic mass is 10.2. The summed E-state index contributed by atoms with van der Waals surface area (Å²) in [4.78, 5) is 12.4. The van der Waals surface area contributed by atoms with Crippen molar-refractivity contribution in [1.82, 2.24) is 9.78 Å². The summed E-state index contributed by atoms with van der Waals surface area (Å²) in [7, 11) is 1.29. The third-order valence-corrected chi connectivity index (χ3v) is 4.46. The van der Waals surface area contributed by atoms with Gasteiger partial charge in [-0.2, -0.15) is 13.9 Å². The molecule has 0 aliphatic carbocycles. The largest absolute Gasteiger partial charge is 0.493 e. The van der Waals surface area contributed by atoms with Gasteiger partial charge in [-0.3, -0.25) is 9.48 Å². The summed E-state index contributed by atoms with van der Waals surface area (Å²) in [6.07, 6.45) is 1.68. The Morgan fingerprint density at radius 3 is 2.66 bits per heavy atom. The Balaban J connectivity index is 1.70. The molecule has 0 spiro atoms. The molecule has 152 valence electrons. The maximum absolute atomic E-state index is 12.4. The maximum Gasteiger partial charge on any atom is 0.387 e. The molecule has 0 saturated carbocycles. The number of rotatable bonds is 7. The summed E-state index contributed by atoms with van der Waals surface area (Å²) in [6.45, 7) is -2.61. The van der Waals surface area contributed by atoms with E-state index < -0.39 is 12.5 Å². The van der Waals surface area contributed by atoms with E-state index in [2.05, 4.69) is 15.2 Å². The molecule has 0 saturated heterocycles. The number of carbonyl (C=O) groups is 1. The molecule has 0 atom stereocenters. The van der Waals surface area contributed by atoms with E-state index in [-0.39, 0.29) is 17.1 Å². The molecule has 1 aromatic heterocycles. The second kappa shape index (κ2) is 9.11. The van der Waals surface area contributed by atoms with Crippen LogP contribution in [-0.4, -0.2) is 29.4 Å². The van der Waals surface area contributed by atoms with Gasteiger partial charge in [-0.05, 0) is 35.9 Å². The summed E-state index contributed by atoms with van der Waals surface area (Å²) in [5.74, 6) is -0.322. The SMILES string of the molecule is COc1cc(C(=O)Nc2ccn(Cc3ccc(Cl)cc3Cl)n2)ccc1OC(F)F. The smallest absolute Gasteiger partial charge is 0.387 e. The van der Waals surface area contributed by atoms with Crippen LogP contribution in [0.1, 0.15) is 15.9 Å². The van der Waals surface area contributed by atoms with Crippen molar-refractivity contribution in [1.29, 1.82) is 0 Å². The van der Waals surface area contributed by atoms with Crippen molar-refractivity contribution in [2.45, 2.75) is 13.2 Å². The fourth-order valence-electron chi connectivity index (χ4n) is 2.53. The fraction of sp³-hybridized carbons (Fsp3) is 0.158. The number of hydrogen-bond acceptors (Lipinski definition) is 4. The first-order valence-electron chi connectivity index (χ1n) is 8.27. The number of nitrogens with one attached hydrogen (secondary N) is 1. The highest BCUT2D eigenvalue weighted by atomic mass is 35.5. The maximum atomic E-state index is 12.4. The molecule has 29 heavy (non-hydrogen) atoms. The van der Waals surface area contributed by atoms with Crippen molar-refractivity contribution in [2.24, 2.45) is 0 Å². The lowest BCUT2D eigenvalue weighted by Gasteiger charge is -2.11. The van der Waals surface area contributed by atoms with E-state index in [0.29, 0.717) is 22.4 Å². The second-order valence-electron chi connectivity index (χ2n) is 5.83. The molecule has 10 heteroatoms. The van der Waals surface area contributed by atoms with Gasteiger partial charge in [0.25, 0.3) is 5.91 Å². The molecule has 3 aromatic rings. The van der Waals surface area contributed by atoms with Crippen molar-refractivity contribution >= 4 is 34.9 Å². The van der Waals surface area contributed by atoms with Crippen LogP contribution in [0.15, 0.2) is 48.7 Å². The van der Waals surface area contributed by atoms with Crippen LogP contribution in [0, 0.1) is 0 Å². The number of aromatic nitrogens is 2. The van der Waals surface area contributed by atoms with Crippen molar-refractivity contribution in [3.05, 3.63) is 69.8 Å². The first-order chi connectivity index (χ1) is 13.9. The highest BCUT2D eigenvalue weighted by molar-refractivity contribution is 6.35. The predicted molar refractivity (Wildman–Crippen MR) is 105 cm³/mol. The van der Waals surface area contributed by atoms with Crippen molar-refractivity contribution in [3.63, 3.8) is 0 Å². The summed E-state index contributed by atoms with van der Waals surface area (Å²) in [5, 5.41) is 7.95. The Bertz CT molecular complexity index is 1030. The van der Waals surface area contributed by atoms with Gasteiger partial charge < -0.3 is 14.8 Å². The highest BCUT2D eigenvalue weighted by Crippen LogP contribution is 2.29. The highest BCUT2D eigenvalue weighted by Gasteiger charge is 2.15. The standard InChI is InChI=1S/C19H15Cl2F2N3O3/c1-28-16-8-11(3-5-15(16)29-19(22)23)18(27)24-17-6-7-26(25-17)10-12-2-4-13(20)9-14(12)21/h2-9,19H,10H2,1H3,(H,24,25,27). The summed E-state index contributed by atoms with van der Waals surface area (Å²) in [6, 6.07) is 10.7. The first kappa shape index (κ1) is 20.9. The minimum absolute atomic E-state index is 0.0147. The fourth-order valence-corrected chi connectivity index (χ4v) is 3.00. The zero-order chi connectivity index (χ0) is 21.0. The molecule has 1 amide bonds. The van der Waals surface area contributed by atoms with Crippen LogP contribution in [0.25, 0.3) is 0 Å². The molecule has 0 fully saturated rings. The third kappa shape index (κ3) is 5.36. The average Bonchev–Trinajstić information content (AvgIpc) is 3.10. The number of hydrogen-bond donors (Lipinski definition) is 1. The number of ether oxygens (including phenoxy) is 2. The number of amides is 1. The Hall–Kier alpha value is -2.84. The number of anilines is 1. The van der Waals surface area contributed by atoms with Gasteiger partial charge in [0, 0.05) is 27.9 Å². The molecule has 1 heterocycles. The zero-order valence-corrected chi connectivity index (χ0v) is 16.5. The van der Waals surface area contributed by atoms with Gasteiger partial charge in [0.2, 0.25) is 0 Å². The Kier molecular flexibility index (Phi) is 6.56. The molecule has 2 aromatic carbocycles. The van der Waals surface area contributed by atoms with Crippen molar-refractivity contribution < 1.29 is 23.0 Å². The van der Waals surface area contributed by atoms with E-state index in [1.807, 2.05) is 0 Å². The number of nitrogens with zero attached hydrogens (tertiary/aromatic N) is 2. The van der Waals surface area contributed by atoms with Crippen molar-refractivity contribution in [2.75, 3.05) is 12.4 Å². The molecule has 0 unspecified atom stereocenters. The number of alkyl halides is 2. The molecule has 0 bridgehead atoms. The molecule has 0 radical (unpaired) electrons. The summed E-state index contributed by atoms with van der Waals surface area (Å²) in [5.41, 5.74) is 1.01. The van der Waals surface area contributed by atoms with Crippen LogP contribution in [0.4, 0.5) is 14.6 Å². The monoisotopic (exact) mass is 441 g/mol. The number of halogens is 4. The summed E-state index contributed by atoms with van der Waals surface area (Å²) >= 11 is 12.0. The molecular formula is C19H15Cl2F2N3O3. The van der Waals surface area contributed by atoms with Gasteiger partial charge in [-0.1, -0.05) is 29.3 Å². The molecule has 0 aliphatic heterocycles. The van der Waals surface area contributed by atoms with Crippen LogP contribution in [0.3, 0.4) is 0 Å². The van der Waals surface area contributed by atoms with Crippen molar-refractivity contribution in [3.8, 4) is 11.5 Å². The molecule has 3 rings (SSSR count). The van der Waals surface area contributed by atoms with Crippen LogP contribution < -0.4 is 14.8 Å². The van der Waals surface area contributed by atoms with Crippen LogP contribution in [0.2, 0.25) is 10.0 Å². The normalized spacial score (nSPS) is 10.8. The molecule has 1 N–H and O–H groups in total. The van der Waals surface area contributed by atoms with E-state index in [4.69, 9.17) is 27.9 Å². The second-order valence-corrected chi connectivity index (χ2v) is 6.68. The first-order valence-corrected chi connectivity index (χ1v) is 9.03. The minimum Gasteiger partial charge on any atom is -0.493 e. The van der Waals surface area contributed by atoms with Crippen LogP contribution in [-0.2, 0) is 6.54 Å². The number of carbonyl (C=O) groups excluding carboxylic acids is 1. The van der Waals surface area contributed by atoms with Gasteiger partial charge in [-0.25, -0.2) is 0 Å². The topological polar surface area (TPSA) is 65.4 Å². The lowest BCUT2D eigenvalue weighted by molar-refractivity contribution is -0.0512. The van der Waals surface area contributed by atoms with Gasteiger partial charge in [0.1, 0.15) is 0 Å². The Morgan fingerprint density at radius 1 is 1.17 bits per heavy atom. The average molecular weight is 442 g/mol. The Morgan fingerprint density at radius 2 is 1.97 bits per heavy atom. The van der Waals surface area contributed by atoms with E-state index in [1.54, 1.807) is 35.1 Å². The third-order valence-electron chi connectivity index (χ3n) is 3.87. The zero-order valence-electron chi connectivity index (χ0n) is 15.0. The minimum atomic E-state index is -3.00. The van der Waals surface area contributed by atoms with Gasteiger partial charge in [0.15, 0.2) is 17.3 Å². The van der Waals surface area contributed by atoms with Crippen LogP contribution >= 0.6 is 23.2 Å². The molecular weight excluding hydrogens is 427 g/mol. The van der Waals surface area contributed by atoms with E-state index in [0.717, 1.165) is 5.56 Å². The van der Waals surface area contributed by atoms with Gasteiger partial charge in [-0.15, -0.1) is 0 Å². The molecule has 6 nitrogen and oxygen atoms in total. The Labute approximate surface area is 174 Å². The molecule has 0 aliphatic rings. The van der Waals surface area contributed by atoms with E-state index >= 15 is 0 Å². The van der Waals surface area contributed by atoms with Gasteiger partial charge in [0.05, 0.1) is 13.7 Å². The number of benzene rings is 2. The van der Waals surface area contributed by atoms with E-state index in [1.165, 1.54) is 25.3 Å². The number of methoxy groups -OCH3 is 1. The lowest BCUT2D eigenvalue weighted by Crippen LogP contribution is -2.13. The summed E-state index contributed by atoms with van der Waals surface area (Å²) < 4.78 is 35.7. The van der Waals surface area contributed by atoms with Crippen LogP contribution in [0.5, 0.6) is 11.5 Å².